The number of carboxylic acids is 1. The molecule has 0 atom stereocenters. The molecule has 1 fully saturated rings. The first-order chi connectivity index (χ1) is 7.18. The van der Waals surface area contributed by atoms with Gasteiger partial charge in [0, 0.05) is 26.3 Å². The number of rotatable bonds is 8. The molecule has 1 heterocycles. The summed E-state index contributed by atoms with van der Waals surface area (Å²) < 4.78 is 5.21. The molecule has 1 saturated heterocycles. The van der Waals surface area contributed by atoms with Crippen LogP contribution in [0.5, 0.6) is 0 Å². The Morgan fingerprint density at radius 2 is 2.33 bits per heavy atom. The largest absolute Gasteiger partial charge is 0.481 e. The van der Waals surface area contributed by atoms with Crippen molar-refractivity contribution in [1.29, 1.82) is 0 Å². The average Bonchev–Trinajstić information content (AvgIpc) is 2.12. The van der Waals surface area contributed by atoms with Crippen molar-refractivity contribution in [2.45, 2.75) is 25.3 Å². The van der Waals surface area contributed by atoms with Crippen molar-refractivity contribution < 1.29 is 14.6 Å². The Balaban J connectivity index is 2.13. The summed E-state index contributed by atoms with van der Waals surface area (Å²) in [6, 6.07) is 0. The van der Waals surface area contributed by atoms with E-state index < -0.39 is 5.97 Å². The molecule has 0 amide bonds. The van der Waals surface area contributed by atoms with Crippen LogP contribution < -0.4 is 10.6 Å². The number of carbonyl (C=O) groups is 1. The quantitative estimate of drug-likeness (QED) is 0.491. The molecule has 88 valence electrons. The zero-order chi connectivity index (χ0) is 11.1. The average molecular weight is 216 g/mol. The molecule has 0 aliphatic carbocycles. The van der Waals surface area contributed by atoms with Crippen LogP contribution in [0.2, 0.25) is 0 Å². The van der Waals surface area contributed by atoms with Gasteiger partial charge in [0.1, 0.15) is 0 Å². The Bertz CT molecular complexity index is 205. The van der Waals surface area contributed by atoms with Crippen molar-refractivity contribution in [3.8, 4) is 0 Å². The molecule has 0 aromatic rings. The van der Waals surface area contributed by atoms with E-state index in [1.165, 1.54) is 0 Å². The van der Waals surface area contributed by atoms with Gasteiger partial charge in [0.05, 0.1) is 12.0 Å². The SMILES string of the molecule is CCOCCCNC1(CC(=O)O)CNC1. The van der Waals surface area contributed by atoms with Crippen LogP contribution in [-0.2, 0) is 9.53 Å². The maximum absolute atomic E-state index is 10.7. The van der Waals surface area contributed by atoms with E-state index in [-0.39, 0.29) is 12.0 Å². The fourth-order valence-electron chi connectivity index (χ4n) is 1.70. The summed E-state index contributed by atoms with van der Waals surface area (Å²) in [6.45, 7) is 5.74. The van der Waals surface area contributed by atoms with Gasteiger partial charge < -0.3 is 20.5 Å². The van der Waals surface area contributed by atoms with E-state index in [1.54, 1.807) is 0 Å². The van der Waals surface area contributed by atoms with Gasteiger partial charge in [-0.05, 0) is 19.9 Å². The second kappa shape index (κ2) is 6.05. The van der Waals surface area contributed by atoms with E-state index in [0.29, 0.717) is 0 Å². The van der Waals surface area contributed by atoms with Gasteiger partial charge >= 0.3 is 5.97 Å². The molecule has 0 aromatic heterocycles. The van der Waals surface area contributed by atoms with Gasteiger partial charge in [-0.3, -0.25) is 4.79 Å². The third-order valence-electron chi connectivity index (χ3n) is 2.59. The lowest BCUT2D eigenvalue weighted by molar-refractivity contribution is -0.139. The first-order valence-electron chi connectivity index (χ1n) is 5.44. The fourth-order valence-corrected chi connectivity index (χ4v) is 1.70. The molecule has 0 bridgehead atoms. The molecular formula is C10H20N2O3. The number of carboxylic acid groups (broad SMARTS) is 1. The smallest absolute Gasteiger partial charge is 0.305 e. The van der Waals surface area contributed by atoms with Gasteiger partial charge in [-0.2, -0.15) is 0 Å². The highest BCUT2D eigenvalue weighted by Gasteiger charge is 2.38. The molecule has 1 aliphatic rings. The van der Waals surface area contributed by atoms with E-state index in [1.807, 2.05) is 6.92 Å². The van der Waals surface area contributed by atoms with Crippen LogP contribution in [-0.4, -0.2) is 49.5 Å². The van der Waals surface area contributed by atoms with Gasteiger partial charge in [-0.15, -0.1) is 0 Å². The molecule has 5 nitrogen and oxygen atoms in total. The van der Waals surface area contributed by atoms with Crippen molar-refractivity contribution in [2.75, 3.05) is 32.8 Å². The molecule has 1 rings (SSSR count). The first kappa shape index (κ1) is 12.4. The minimum Gasteiger partial charge on any atom is -0.481 e. The topological polar surface area (TPSA) is 70.6 Å². The minimum atomic E-state index is -0.742. The molecule has 5 heteroatoms. The van der Waals surface area contributed by atoms with Crippen LogP contribution >= 0.6 is 0 Å². The van der Waals surface area contributed by atoms with Crippen LogP contribution in [0.25, 0.3) is 0 Å². The summed E-state index contributed by atoms with van der Waals surface area (Å²) in [5, 5.41) is 15.2. The Kier molecular flexibility index (Phi) is 5.01. The van der Waals surface area contributed by atoms with Crippen LogP contribution in [0.4, 0.5) is 0 Å². The van der Waals surface area contributed by atoms with E-state index in [4.69, 9.17) is 9.84 Å². The second-order valence-electron chi connectivity index (χ2n) is 3.93. The number of aliphatic carboxylic acids is 1. The maximum atomic E-state index is 10.7. The summed E-state index contributed by atoms with van der Waals surface area (Å²) in [4.78, 5) is 10.7. The van der Waals surface area contributed by atoms with E-state index in [9.17, 15) is 4.79 Å². The third kappa shape index (κ3) is 4.15. The molecule has 0 aromatic carbocycles. The van der Waals surface area contributed by atoms with Crippen molar-refractivity contribution in [3.63, 3.8) is 0 Å². The molecule has 0 radical (unpaired) electrons. The zero-order valence-electron chi connectivity index (χ0n) is 9.21. The lowest BCUT2D eigenvalue weighted by Crippen LogP contribution is -2.68. The second-order valence-corrected chi connectivity index (χ2v) is 3.93. The normalized spacial score (nSPS) is 18.5. The summed E-state index contributed by atoms with van der Waals surface area (Å²) in [7, 11) is 0. The molecule has 0 spiro atoms. The lowest BCUT2D eigenvalue weighted by atomic mass is 9.88. The number of ether oxygens (including phenoxy) is 1. The summed E-state index contributed by atoms with van der Waals surface area (Å²) in [5.74, 6) is -0.742. The molecule has 15 heavy (non-hydrogen) atoms. The predicted molar refractivity (Wildman–Crippen MR) is 57.0 cm³/mol. The Hall–Kier alpha value is -0.650. The van der Waals surface area contributed by atoms with Gasteiger partial charge in [0.15, 0.2) is 0 Å². The van der Waals surface area contributed by atoms with E-state index in [0.717, 1.165) is 39.3 Å². The molecular weight excluding hydrogens is 196 g/mol. The predicted octanol–water partition coefficient (Wildman–Crippen LogP) is -0.181. The fraction of sp³-hybridized carbons (Fsp3) is 0.900. The van der Waals surface area contributed by atoms with Crippen molar-refractivity contribution >= 4 is 5.97 Å². The van der Waals surface area contributed by atoms with Crippen LogP contribution in [0, 0.1) is 0 Å². The van der Waals surface area contributed by atoms with Crippen molar-refractivity contribution in [1.82, 2.24) is 10.6 Å². The van der Waals surface area contributed by atoms with Crippen LogP contribution in [0.15, 0.2) is 0 Å². The lowest BCUT2D eigenvalue weighted by Gasteiger charge is -2.42. The number of hydrogen-bond acceptors (Lipinski definition) is 4. The van der Waals surface area contributed by atoms with E-state index >= 15 is 0 Å². The Morgan fingerprint density at radius 1 is 1.60 bits per heavy atom. The number of hydrogen-bond donors (Lipinski definition) is 3. The van der Waals surface area contributed by atoms with Crippen LogP contribution in [0.1, 0.15) is 19.8 Å². The Morgan fingerprint density at radius 3 is 2.80 bits per heavy atom. The highest BCUT2D eigenvalue weighted by atomic mass is 16.5. The highest BCUT2D eigenvalue weighted by molar-refractivity contribution is 5.68. The van der Waals surface area contributed by atoms with Gasteiger partial charge in [-0.1, -0.05) is 0 Å². The molecule has 0 saturated carbocycles. The summed E-state index contributed by atoms with van der Waals surface area (Å²) in [5.41, 5.74) is -0.224. The minimum absolute atomic E-state index is 0.189. The molecule has 1 aliphatic heterocycles. The maximum Gasteiger partial charge on any atom is 0.305 e. The monoisotopic (exact) mass is 216 g/mol. The standard InChI is InChI=1S/C10H20N2O3/c1-2-15-5-3-4-12-10(6-9(13)14)7-11-8-10/h11-12H,2-8H2,1H3,(H,13,14). The first-order valence-corrected chi connectivity index (χ1v) is 5.44. The van der Waals surface area contributed by atoms with Gasteiger partial charge in [0.25, 0.3) is 0 Å². The summed E-state index contributed by atoms with van der Waals surface area (Å²) in [6.07, 6.45) is 1.11. The molecule has 0 unspecified atom stereocenters. The zero-order valence-corrected chi connectivity index (χ0v) is 9.21. The van der Waals surface area contributed by atoms with Crippen molar-refractivity contribution in [2.24, 2.45) is 0 Å². The van der Waals surface area contributed by atoms with E-state index in [2.05, 4.69) is 10.6 Å². The highest BCUT2D eigenvalue weighted by Crippen LogP contribution is 2.15. The van der Waals surface area contributed by atoms with Crippen LogP contribution in [0.3, 0.4) is 0 Å². The third-order valence-corrected chi connectivity index (χ3v) is 2.59. The van der Waals surface area contributed by atoms with Gasteiger partial charge in [0.2, 0.25) is 0 Å². The van der Waals surface area contributed by atoms with Gasteiger partial charge in [-0.25, -0.2) is 0 Å². The Labute approximate surface area is 90.2 Å². The summed E-state index contributed by atoms with van der Waals surface area (Å²) >= 11 is 0. The molecule has 3 N–H and O–H groups in total. The number of nitrogens with one attached hydrogen (secondary N) is 2. The van der Waals surface area contributed by atoms with Crippen molar-refractivity contribution in [3.05, 3.63) is 0 Å².